The molecule has 77 heavy (non-hydrogen) atoms. The summed E-state index contributed by atoms with van der Waals surface area (Å²) < 4.78 is 34.1. The molecular formula is C67H122NO8P. The summed E-state index contributed by atoms with van der Waals surface area (Å²) in [7, 11) is 1.16. The van der Waals surface area contributed by atoms with Gasteiger partial charge in [-0.1, -0.05) is 273 Å². The summed E-state index contributed by atoms with van der Waals surface area (Å²) in [6.07, 6.45) is 77.1. The number of nitrogens with zero attached hydrogens (tertiary/aromatic N) is 1. The lowest BCUT2D eigenvalue weighted by Crippen LogP contribution is -2.37. The maximum Gasteiger partial charge on any atom is 0.306 e. The molecule has 0 spiro atoms. The van der Waals surface area contributed by atoms with Crippen LogP contribution in [0.2, 0.25) is 0 Å². The first-order chi connectivity index (χ1) is 37.5. The second-order valence-corrected chi connectivity index (χ2v) is 24.2. The quantitative estimate of drug-likeness (QED) is 0.0195. The van der Waals surface area contributed by atoms with Gasteiger partial charge in [-0.25, -0.2) is 0 Å². The van der Waals surface area contributed by atoms with Gasteiger partial charge in [0.25, 0.3) is 7.82 Å². The second kappa shape index (κ2) is 58.1. The summed E-state index contributed by atoms with van der Waals surface area (Å²) in [6.45, 7) is 4.09. The van der Waals surface area contributed by atoms with Gasteiger partial charge in [0, 0.05) is 12.8 Å². The average Bonchev–Trinajstić information content (AvgIpc) is 3.39. The molecular weight excluding hydrogens is 978 g/mol. The number of hydrogen-bond donors (Lipinski definition) is 0. The standard InChI is InChI=1S/C67H122NO8P/c1-6-8-10-12-14-16-18-20-22-23-24-25-26-27-28-29-30-31-32-33-34-35-36-37-38-39-40-41-42-43-44-45-46-48-50-52-54-56-58-60-67(70)76-65(64-75-77(71,72)74-62-61-68(3,4)5)63-73-66(69)59-57-55-53-51-49-47-21-19-17-15-13-11-9-7-2/h8,10,13-16,19-22,24-25,65H,6-7,9,11-12,17-18,23,26-64H2,1-5H3/b10-8-,15-13-,16-14-,21-19-,22-20-,25-24-. The van der Waals surface area contributed by atoms with E-state index >= 15 is 0 Å². The van der Waals surface area contributed by atoms with Gasteiger partial charge in [0.05, 0.1) is 27.7 Å². The fourth-order valence-electron chi connectivity index (χ4n) is 9.02. The number of esters is 2. The number of carbonyl (C=O) groups excluding carboxylic acids is 2. The highest BCUT2D eigenvalue weighted by atomic mass is 31.2. The van der Waals surface area contributed by atoms with Crippen molar-refractivity contribution < 1.29 is 42.1 Å². The van der Waals surface area contributed by atoms with E-state index in [0.29, 0.717) is 23.9 Å². The molecule has 0 aromatic heterocycles. The molecule has 2 unspecified atom stereocenters. The third-order valence-electron chi connectivity index (χ3n) is 14.0. The maximum atomic E-state index is 12.8. The Morgan fingerprint density at radius 3 is 1.10 bits per heavy atom. The molecule has 0 heterocycles. The Morgan fingerprint density at radius 2 is 0.740 bits per heavy atom. The van der Waals surface area contributed by atoms with Crippen molar-refractivity contribution >= 4 is 19.8 Å². The molecule has 0 aromatic carbocycles. The van der Waals surface area contributed by atoms with Crippen LogP contribution in [-0.4, -0.2) is 70.0 Å². The summed E-state index contributed by atoms with van der Waals surface area (Å²) in [4.78, 5) is 37.8. The predicted octanol–water partition coefficient (Wildman–Crippen LogP) is 19.8. The Hall–Kier alpha value is -2.55. The van der Waals surface area contributed by atoms with E-state index in [9.17, 15) is 19.0 Å². The minimum Gasteiger partial charge on any atom is -0.756 e. The van der Waals surface area contributed by atoms with E-state index in [1.54, 1.807) is 0 Å². The maximum absolute atomic E-state index is 12.8. The highest BCUT2D eigenvalue weighted by Crippen LogP contribution is 2.38. The Labute approximate surface area is 476 Å². The van der Waals surface area contributed by atoms with Crippen LogP contribution in [0.25, 0.3) is 0 Å². The summed E-state index contributed by atoms with van der Waals surface area (Å²) in [5.41, 5.74) is 0. The van der Waals surface area contributed by atoms with Crippen LogP contribution in [0.5, 0.6) is 0 Å². The molecule has 0 aliphatic rings. The van der Waals surface area contributed by atoms with Crippen LogP contribution in [0.4, 0.5) is 0 Å². The Balaban J connectivity index is 3.90. The van der Waals surface area contributed by atoms with Crippen molar-refractivity contribution in [2.45, 2.75) is 296 Å². The fraction of sp³-hybridized carbons (Fsp3) is 0.791. The van der Waals surface area contributed by atoms with Crippen molar-refractivity contribution in [2.75, 3.05) is 47.5 Å². The molecule has 0 aliphatic carbocycles. The Morgan fingerprint density at radius 1 is 0.416 bits per heavy atom. The summed E-state index contributed by atoms with van der Waals surface area (Å²) in [6, 6.07) is 0. The van der Waals surface area contributed by atoms with Crippen LogP contribution < -0.4 is 4.89 Å². The number of phosphoric ester groups is 1. The molecule has 0 aliphatic heterocycles. The largest absolute Gasteiger partial charge is 0.756 e. The van der Waals surface area contributed by atoms with Crippen molar-refractivity contribution in [3.05, 3.63) is 72.9 Å². The number of carbonyl (C=O) groups is 2. The SMILES string of the molecule is CC/C=C\C/C=C\C/C=C\C/C=C\CCCCCCCCCCCCCCCCCCCCCCCCCCCCC(=O)OC(COC(=O)CCCCCCC/C=C\C/C=C\CCCC)COP(=O)([O-])OCC[N+](C)(C)C. The van der Waals surface area contributed by atoms with Crippen LogP contribution in [0.3, 0.4) is 0 Å². The lowest BCUT2D eigenvalue weighted by Gasteiger charge is -2.28. The lowest BCUT2D eigenvalue weighted by molar-refractivity contribution is -0.870. The monoisotopic (exact) mass is 1100 g/mol. The molecule has 2 atom stereocenters. The number of allylic oxidation sites excluding steroid dienone is 12. The normalized spacial score (nSPS) is 13.7. The highest BCUT2D eigenvalue weighted by Gasteiger charge is 2.22. The first-order valence-electron chi connectivity index (χ1n) is 32.1. The van der Waals surface area contributed by atoms with E-state index in [1.807, 2.05) is 21.1 Å². The van der Waals surface area contributed by atoms with Crippen molar-refractivity contribution in [1.29, 1.82) is 0 Å². The van der Waals surface area contributed by atoms with Crippen LogP contribution in [0, 0.1) is 0 Å². The molecule has 0 saturated heterocycles. The topological polar surface area (TPSA) is 111 Å². The molecule has 0 rings (SSSR count). The van der Waals surface area contributed by atoms with Crippen molar-refractivity contribution in [2.24, 2.45) is 0 Å². The van der Waals surface area contributed by atoms with E-state index in [1.165, 1.54) is 161 Å². The number of likely N-dealkylation sites (N-methyl/N-ethyl adjacent to an activating group) is 1. The van der Waals surface area contributed by atoms with Crippen LogP contribution in [-0.2, 0) is 32.7 Å². The van der Waals surface area contributed by atoms with Crippen LogP contribution >= 0.6 is 7.82 Å². The van der Waals surface area contributed by atoms with Gasteiger partial charge in [-0.15, -0.1) is 0 Å². The number of phosphoric acid groups is 1. The molecule has 0 aromatic rings. The first-order valence-corrected chi connectivity index (χ1v) is 33.6. The molecule has 0 radical (unpaired) electrons. The number of hydrogen-bond acceptors (Lipinski definition) is 8. The molecule has 0 amide bonds. The number of quaternary nitrogens is 1. The summed E-state index contributed by atoms with van der Waals surface area (Å²) in [5, 5.41) is 0. The minimum absolute atomic E-state index is 0.0331. The van der Waals surface area contributed by atoms with Gasteiger partial charge in [0.15, 0.2) is 6.10 Å². The van der Waals surface area contributed by atoms with Gasteiger partial charge >= 0.3 is 11.9 Å². The van der Waals surface area contributed by atoms with E-state index in [4.69, 9.17) is 18.5 Å². The predicted molar refractivity (Wildman–Crippen MR) is 328 cm³/mol. The average molecular weight is 1100 g/mol. The fourth-order valence-corrected chi connectivity index (χ4v) is 9.75. The van der Waals surface area contributed by atoms with Crippen molar-refractivity contribution in [3.63, 3.8) is 0 Å². The number of ether oxygens (including phenoxy) is 2. The zero-order valence-corrected chi connectivity index (χ0v) is 51.8. The third kappa shape index (κ3) is 62.5. The van der Waals surface area contributed by atoms with Gasteiger partial charge in [0.1, 0.15) is 19.8 Å². The van der Waals surface area contributed by atoms with Crippen molar-refractivity contribution in [3.8, 4) is 0 Å². The first kappa shape index (κ1) is 74.5. The highest BCUT2D eigenvalue weighted by molar-refractivity contribution is 7.45. The zero-order valence-electron chi connectivity index (χ0n) is 50.9. The minimum atomic E-state index is -4.64. The van der Waals surface area contributed by atoms with Gasteiger partial charge in [-0.3, -0.25) is 14.2 Å². The number of rotatable bonds is 59. The van der Waals surface area contributed by atoms with Gasteiger partial charge < -0.3 is 27.9 Å². The van der Waals surface area contributed by atoms with Gasteiger partial charge in [0.2, 0.25) is 0 Å². The Kier molecular flexibility index (Phi) is 56.2. The second-order valence-electron chi connectivity index (χ2n) is 22.7. The van der Waals surface area contributed by atoms with Gasteiger partial charge in [-0.05, 0) is 77.0 Å². The van der Waals surface area contributed by atoms with Crippen LogP contribution in [0.15, 0.2) is 72.9 Å². The molecule has 0 bridgehead atoms. The zero-order chi connectivity index (χ0) is 56.3. The molecule has 0 saturated carbocycles. The van der Waals surface area contributed by atoms with E-state index in [-0.39, 0.29) is 26.1 Å². The molecule has 448 valence electrons. The molecule has 0 N–H and O–H groups in total. The molecule has 9 nitrogen and oxygen atoms in total. The number of unbranched alkanes of at least 4 members (excludes halogenated alkanes) is 33. The lowest BCUT2D eigenvalue weighted by atomic mass is 10.0. The van der Waals surface area contributed by atoms with Crippen molar-refractivity contribution in [1.82, 2.24) is 0 Å². The smallest absolute Gasteiger partial charge is 0.306 e. The molecule has 10 heteroatoms. The van der Waals surface area contributed by atoms with Gasteiger partial charge in [-0.2, -0.15) is 0 Å². The van der Waals surface area contributed by atoms with E-state index < -0.39 is 32.5 Å². The Bertz CT molecular complexity index is 1530. The molecule has 0 fully saturated rings. The third-order valence-corrected chi connectivity index (χ3v) is 14.9. The van der Waals surface area contributed by atoms with E-state index in [0.717, 1.165) is 89.9 Å². The van der Waals surface area contributed by atoms with Crippen LogP contribution in [0.1, 0.15) is 290 Å². The summed E-state index contributed by atoms with van der Waals surface area (Å²) >= 11 is 0. The summed E-state index contributed by atoms with van der Waals surface area (Å²) in [5.74, 6) is -0.840. The van der Waals surface area contributed by atoms with E-state index in [2.05, 4.69) is 86.8 Å².